The molecule has 0 saturated carbocycles. The molecule has 1 aromatic carbocycles. The molecule has 0 radical (unpaired) electrons. The summed E-state index contributed by atoms with van der Waals surface area (Å²) in [6.45, 7) is 1.75. The van der Waals surface area contributed by atoms with E-state index in [0.717, 1.165) is 5.56 Å². The predicted molar refractivity (Wildman–Crippen MR) is 73.9 cm³/mol. The molecule has 2 aromatic rings. The molecule has 1 aliphatic heterocycles. The molecule has 0 atom stereocenters. The zero-order chi connectivity index (χ0) is 14.8. The maximum Gasteiger partial charge on any atom is 0.232 e. The number of hydrogen-bond acceptors (Lipinski definition) is 5. The van der Waals surface area contributed by atoms with Crippen LogP contribution in [0.5, 0.6) is 11.5 Å². The first-order valence-corrected chi connectivity index (χ1v) is 6.31. The summed E-state index contributed by atoms with van der Waals surface area (Å²) >= 11 is 0. The number of allylic oxidation sites excluding steroid dienone is 1. The summed E-state index contributed by atoms with van der Waals surface area (Å²) in [5.41, 5.74) is 1.25. The molecule has 0 aliphatic carbocycles. The Balaban J connectivity index is 1.96. The molecule has 21 heavy (non-hydrogen) atoms. The van der Waals surface area contributed by atoms with Crippen LogP contribution in [0.15, 0.2) is 40.7 Å². The Morgan fingerprint density at radius 1 is 1.43 bits per heavy atom. The lowest BCUT2D eigenvalue weighted by Gasteiger charge is -2.05. The van der Waals surface area contributed by atoms with Crippen molar-refractivity contribution in [1.29, 1.82) is 5.26 Å². The minimum atomic E-state index is -0.189. The minimum absolute atomic E-state index is 0.0543. The lowest BCUT2D eigenvalue weighted by molar-refractivity contribution is 0.101. The molecule has 0 unspecified atom stereocenters. The quantitative estimate of drug-likeness (QED) is 0.808. The van der Waals surface area contributed by atoms with Gasteiger partial charge >= 0.3 is 0 Å². The standard InChI is InChI=1S/C16H11NO4/c1-10-7-12(20-6-4-17)9-13-15(10)16(18)14(21-13)8-11-3-2-5-19-11/h2-3,5,7-9H,6H2,1H3/b14-8-. The first-order chi connectivity index (χ1) is 10.2. The fourth-order valence-corrected chi connectivity index (χ4v) is 2.18. The van der Waals surface area contributed by atoms with Crippen molar-refractivity contribution in [3.05, 3.63) is 53.2 Å². The zero-order valence-electron chi connectivity index (χ0n) is 11.3. The highest BCUT2D eigenvalue weighted by Crippen LogP contribution is 2.37. The van der Waals surface area contributed by atoms with E-state index < -0.39 is 0 Å². The second kappa shape index (κ2) is 5.17. The van der Waals surface area contributed by atoms with E-state index in [4.69, 9.17) is 19.2 Å². The fraction of sp³-hybridized carbons (Fsp3) is 0.125. The molecule has 1 aliphatic rings. The number of hydrogen-bond donors (Lipinski definition) is 0. The van der Waals surface area contributed by atoms with Crippen LogP contribution in [-0.4, -0.2) is 12.4 Å². The van der Waals surface area contributed by atoms with Crippen molar-refractivity contribution in [2.24, 2.45) is 0 Å². The van der Waals surface area contributed by atoms with Gasteiger partial charge in [0.1, 0.15) is 23.3 Å². The number of carbonyl (C=O) groups excluding carboxylic acids is 1. The molecule has 5 heteroatoms. The number of aryl methyl sites for hydroxylation is 1. The van der Waals surface area contributed by atoms with E-state index in [2.05, 4.69) is 0 Å². The number of furan rings is 1. The molecule has 5 nitrogen and oxygen atoms in total. The Kier molecular flexibility index (Phi) is 3.20. The Morgan fingerprint density at radius 2 is 2.29 bits per heavy atom. The number of nitriles is 1. The molecule has 0 amide bonds. The smallest absolute Gasteiger partial charge is 0.232 e. The van der Waals surface area contributed by atoms with E-state index in [-0.39, 0.29) is 18.1 Å². The summed E-state index contributed by atoms with van der Waals surface area (Å²) in [5.74, 6) is 1.50. The van der Waals surface area contributed by atoms with E-state index >= 15 is 0 Å². The number of Topliss-reactive ketones (excluding diaryl/α,β-unsaturated/α-hetero) is 1. The van der Waals surface area contributed by atoms with Crippen LogP contribution in [0.25, 0.3) is 6.08 Å². The van der Waals surface area contributed by atoms with Crippen LogP contribution in [-0.2, 0) is 0 Å². The Hall–Kier alpha value is -3.00. The van der Waals surface area contributed by atoms with Crippen LogP contribution in [0.3, 0.4) is 0 Å². The zero-order valence-corrected chi connectivity index (χ0v) is 11.3. The number of nitrogens with zero attached hydrogens (tertiary/aromatic N) is 1. The number of ether oxygens (including phenoxy) is 2. The van der Waals surface area contributed by atoms with Crippen molar-refractivity contribution in [2.45, 2.75) is 6.92 Å². The highest BCUT2D eigenvalue weighted by atomic mass is 16.5. The summed E-state index contributed by atoms with van der Waals surface area (Å²) < 4.78 is 16.0. The van der Waals surface area contributed by atoms with E-state index in [1.165, 1.54) is 6.26 Å². The molecular weight excluding hydrogens is 270 g/mol. The third-order valence-corrected chi connectivity index (χ3v) is 3.06. The number of fused-ring (bicyclic) bond motifs is 1. The number of rotatable bonds is 3. The van der Waals surface area contributed by atoms with Gasteiger partial charge in [-0.3, -0.25) is 4.79 Å². The maximum absolute atomic E-state index is 12.3. The second-order valence-corrected chi connectivity index (χ2v) is 4.52. The molecule has 0 saturated heterocycles. The number of ketones is 1. The second-order valence-electron chi connectivity index (χ2n) is 4.52. The van der Waals surface area contributed by atoms with E-state index in [1.807, 2.05) is 6.07 Å². The van der Waals surface area contributed by atoms with Gasteiger partial charge in [0.15, 0.2) is 12.4 Å². The highest BCUT2D eigenvalue weighted by molar-refractivity contribution is 6.15. The lowest BCUT2D eigenvalue weighted by atomic mass is 10.0. The van der Waals surface area contributed by atoms with Crippen LogP contribution in [0, 0.1) is 18.3 Å². The Bertz CT molecular complexity index is 766. The average Bonchev–Trinajstić information content (AvgIpc) is 3.06. The van der Waals surface area contributed by atoms with Crippen molar-refractivity contribution >= 4 is 11.9 Å². The normalized spacial score (nSPS) is 14.7. The van der Waals surface area contributed by atoms with Gasteiger partial charge in [0.05, 0.1) is 11.8 Å². The van der Waals surface area contributed by atoms with E-state index in [9.17, 15) is 4.79 Å². The fourth-order valence-electron chi connectivity index (χ4n) is 2.18. The van der Waals surface area contributed by atoms with Gasteiger partial charge in [0.2, 0.25) is 5.78 Å². The molecule has 1 aromatic heterocycles. The summed E-state index contributed by atoms with van der Waals surface area (Å²) in [6.07, 6.45) is 3.08. The maximum atomic E-state index is 12.3. The third kappa shape index (κ3) is 2.39. The molecule has 0 N–H and O–H groups in total. The predicted octanol–water partition coefficient (Wildman–Crippen LogP) is 3.11. The van der Waals surface area contributed by atoms with Crippen LogP contribution in [0.4, 0.5) is 0 Å². The monoisotopic (exact) mass is 281 g/mol. The molecule has 3 rings (SSSR count). The molecule has 0 spiro atoms. The Labute approximate surface area is 121 Å². The number of benzene rings is 1. The van der Waals surface area contributed by atoms with Crippen molar-refractivity contribution < 1.29 is 18.7 Å². The van der Waals surface area contributed by atoms with Gasteiger partial charge in [0, 0.05) is 12.1 Å². The summed E-state index contributed by atoms with van der Waals surface area (Å²) in [6, 6.07) is 8.70. The average molecular weight is 281 g/mol. The van der Waals surface area contributed by atoms with Crippen LogP contribution >= 0.6 is 0 Å². The Morgan fingerprint density at radius 3 is 3.00 bits per heavy atom. The van der Waals surface area contributed by atoms with Crippen molar-refractivity contribution in [3.63, 3.8) is 0 Å². The van der Waals surface area contributed by atoms with Gasteiger partial charge < -0.3 is 13.9 Å². The molecule has 0 fully saturated rings. The van der Waals surface area contributed by atoms with Gasteiger partial charge in [-0.2, -0.15) is 5.26 Å². The van der Waals surface area contributed by atoms with Crippen LogP contribution < -0.4 is 9.47 Å². The van der Waals surface area contributed by atoms with Crippen LogP contribution in [0.2, 0.25) is 0 Å². The largest absolute Gasteiger partial charge is 0.479 e. The molecule has 104 valence electrons. The van der Waals surface area contributed by atoms with E-state index in [0.29, 0.717) is 22.8 Å². The van der Waals surface area contributed by atoms with Gasteiger partial charge in [-0.15, -0.1) is 0 Å². The van der Waals surface area contributed by atoms with Crippen molar-refractivity contribution in [3.8, 4) is 17.6 Å². The summed E-state index contributed by atoms with van der Waals surface area (Å²) in [5, 5.41) is 8.54. The SMILES string of the molecule is Cc1cc(OCC#N)cc2c1C(=O)/C(=C/c1ccco1)O2. The minimum Gasteiger partial charge on any atom is -0.479 e. The molecule has 0 bridgehead atoms. The molecule has 2 heterocycles. The van der Waals surface area contributed by atoms with Gasteiger partial charge in [0.25, 0.3) is 0 Å². The van der Waals surface area contributed by atoms with Crippen molar-refractivity contribution in [1.82, 2.24) is 0 Å². The third-order valence-electron chi connectivity index (χ3n) is 3.06. The van der Waals surface area contributed by atoms with Crippen LogP contribution in [0.1, 0.15) is 21.7 Å². The van der Waals surface area contributed by atoms with Gasteiger partial charge in [-0.25, -0.2) is 0 Å². The van der Waals surface area contributed by atoms with Gasteiger partial charge in [-0.1, -0.05) is 0 Å². The van der Waals surface area contributed by atoms with Gasteiger partial charge in [-0.05, 0) is 30.7 Å². The molecular formula is C16H11NO4. The lowest BCUT2D eigenvalue weighted by Crippen LogP contribution is -1.99. The highest BCUT2D eigenvalue weighted by Gasteiger charge is 2.30. The summed E-state index contributed by atoms with van der Waals surface area (Å²) in [4.78, 5) is 12.3. The van der Waals surface area contributed by atoms with E-state index in [1.54, 1.807) is 37.3 Å². The topological polar surface area (TPSA) is 72.5 Å². The first-order valence-electron chi connectivity index (χ1n) is 6.31. The number of carbonyl (C=O) groups is 1. The first kappa shape index (κ1) is 13.0. The summed E-state index contributed by atoms with van der Waals surface area (Å²) in [7, 11) is 0. The van der Waals surface area contributed by atoms with Crippen molar-refractivity contribution in [2.75, 3.05) is 6.61 Å².